The summed E-state index contributed by atoms with van der Waals surface area (Å²) in [5.41, 5.74) is 2.28. The van der Waals surface area contributed by atoms with Gasteiger partial charge in [0.15, 0.2) is 0 Å². The van der Waals surface area contributed by atoms with Crippen LogP contribution in [0.3, 0.4) is 0 Å². The van der Waals surface area contributed by atoms with Crippen molar-refractivity contribution in [1.29, 1.82) is 0 Å². The molecule has 0 unspecified atom stereocenters. The quantitative estimate of drug-likeness (QED) is 0.0615. The molecule has 350 valence electrons. The molecule has 8 nitrogen and oxygen atoms in total. The zero-order valence-corrected chi connectivity index (χ0v) is 41.5. The van der Waals surface area contributed by atoms with E-state index >= 15 is 0 Å². The summed E-state index contributed by atoms with van der Waals surface area (Å²) in [6, 6.07) is 62.3. The molecular weight excluding hydrogens is 903 g/mol. The largest absolute Gasteiger partial charge is 0.343 e. The van der Waals surface area contributed by atoms with E-state index in [9.17, 15) is 19.2 Å². The van der Waals surface area contributed by atoms with Gasteiger partial charge in [-0.25, -0.2) is 0 Å². The van der Waals surface area contributed by atoms with Gasteiger partial charge in [0.05, 0.1) is 13.1 Å². The highest BCUT2D eigenvalue weighted by Crippen LogP contribution is 2.34. The highest BCUT2D eigenvalue weighted by Gasteiger charge is 2.27. The maximum Gasteiger partial charge on any atom is 0.251 e. The normalized spacial score (nSPS) is 11.7. The number of amides is 4. The second kappa shape index (κ2) is 25.1. The summed E-state index contributed by atoms with van der Waals surface area (Å²) in [5.74, 6) is 10.6. The summed E-state index contributed by atoms with van der Waals surface area (Å²) in [7, 11) is -1.82. The van der Waals surface area contributed by atoms with E-state index in [2.05, 4.69) is 106 Å². The minimum Gasteiger partial charge on any atom is -0.343 e. The Morgan fingerprint density at radius 3 is 1.01 bits per heavy atom. The molecule has 7 aromatic rings. The first kappa shape index (κ1) is 50.3. The molecule has 70 heavy (non-hydrogen) atoms. The van der Waals surface area contributed by atoms with Crippen molar-refractivity contribution in [3.05, 3.63) is 216 Å². The lowest BCUT2D eigenvalue weighted by Crippen LogP contribution is -2.49. The van der Waals surface area contributed by atoms with Crippen molar-refractivity contribution in [3.8, 4) is 23.7 Å². The molecule has 4 amide bonds. The van der Waals surface area contributed by atoms with Crippen molar-refractivity contribution in [2.45, 2.75) is 39.8 Å². The van der Waals surface area contributed by atoms with Crippen molar-refractivity contribution >= 4 is 71.3 Å². The number of hydrogen-bond donors (Lipinski definition) is 4. The van der Waals surface area contributed by atoms with Crippen LogP contribution in [-0.2, 0) is 9.59 Å². The Hall–Kier alpha value is -7.60. The average molecular weight is 959 g/mol. The van der Waals surface area contributed by atoms with E-state index in [1.54, 1.807) is 12.1 Å². The predicted octanol–water partition coefficient (Wildman–Crippen LogP) is 7.05. The zero-order valence-electron chi connectivity index (χ0n) is 39.7. The van der Waals surface area contributed by atoms with E-state index in [1.165, 1.54) is 21.2 Å². The van der Waals surface area contributed by atoms with Crippen LogP contribution >= 0.6 is 15.8 Å². The molecule has 0 saturated heterocycles. The van der Waals surface area contributed by atoms with Crippen LogP contribution in [0, 0.1) is 35.5 Å². The molecule has 0 heterocycles. The van der Waals surface area contributed by atoms with Gasteiger partial charge in [0, 0.05) is 22.3 Å². The fourth-order valence-corrected chi connectivity index (χ4v) is 12.4. The average Bonchev–Trinajstić information content (AvgIpc) is 3.39. The van der Waals surface area contributed by atoms with Crippen LogP contribution in [0.5, 0.6) is 0 Å². The fourth-order valence-electron chi connectivity index (χ4n) is 7.76. The SMILES string of the molecule is CC(C)[C@H](NC(=O)c1cccc(P(c2ccccc2)c2ccccc2)c1)C(=O)NCC#Cc1ccccc1C#CCNC(=O)[C@@H](NC(=O)c1cccc(P(c2ccccc2)c2ccccc2)c1)C(C)C. The smallest absolute Gasteiger partial charge is 0.251 e. The van der Waals surface area contributed by atoms with Crippen molar-refractivity contribution in [3.63, 3.8) is 0 Å². The second-order valence-corrected chi connectivity index (χ2v) is 21.5. The van der Waals surface area contributed by atoms with Crippen LogP contribution in [0.1, 0.15) is 59.5 Å². The van der Waals surface area contributed by atoms with E-state index in [1.807, 2.05) is 149 Å². The first-order chi connectivity index (χ1) is 34.1. The zero-order chi connectivity index (χ0) is 49.2. The third-order valence-corrected chi connectivity index (χ3v) is 16.2. The minimum atomic E-state index is -0.910. The third kappa shape index (κ3) is 13.6. The van der Waals surface area contributed by atoms with Gasteiger partial charge < -0.3 is 21.3 Å². The Morgan fingerprint density at radius 1 is 0.400 bits per heavy atom. The van der Waals surface area contributed by atoms with Gasteiger partial charge in [-0.3, -0.25) is 19.2 Å². The number of nitrogens with one attached hydrogen (secondary N) is 4. The number of benzene rings is 7. The van der Waals surface area contributed by atoms with Crippen molar-refractivity contribution < 1.29 is 19.2 Å². The molecule has 0 fully saturated rings. The Balaban J connectivity index is 0.939. The highest BCUT2D eigenvalue weighted by atomic mass is 31.1. The first-order valence-electron chi connectivity index (χ1n) is 23.3. The lowest BCUT2D eigenvalue weighted by atomic mass is 10.0. The summed E-state index contributed by atoms with van der Waals surface area (Å²) in [6.07, 6.45) is 0. The number of rotatable bonds is 16. The third-order valence-electron chi connectivity index (χ3n) is 11.3. The molecule has 10 heteroatoms. The van der Waals surface area contributed by atoms with Gasteiger partial charge in [0.1, 0.15) is 12.1 Å². The predicted molar refractivity (Wildman–Crippen MR) is 289 cm³/mol. The summed E-state index contributed by atoms with van der Waals surface area (Å²) in [5, 5.41) is 18.5. The number of carbonyl (C=O) groups is 4. The van der Waals surface area contributed by atoms with E-state index in [0.29, 0.717) is 22.3 Å². The topological polar surface area (TPSA) is 116 Å². The molecule has 7 aromatic carbocycles. The van der Waals surface area contributed by atoms with Gasteiger partial charge in [0.25, 0.3) is 11.8 Å². The summed E-state index contributed by atoms with van der Waals surface area (Å²) >= 11 is 0. The lowest BCUT2D eigenvalue weighted by Gasteiger charge is -2.22. The Labute approximate surface area is 414 Å². The van der Waals surface area contributed by atoms with Crippen molar-refractivity contribution in [1.82, 2.24) is 21.3 Å². The summed E-state index contributed by atoms with van der Waals surface area (Å²) < 4.78 is 0. The monoisotopic (exact) mass is 958 g/mol. The molecule has 0 aliphatic carbocycles. The lowest BCUT2D eigenvalue weighted by molar-refractivity contribution is -0.124. The van der Waals surface area contributed by atoms with E-state index in [-0.39, 0.29) is 48.6 Å². The van der Waals surface area contributed by atoms with Gasteiger partial charge in [0.2, 0.25) is 11.8 Å². The van der Waals surface area contributed by atoms with Crippen molar-refractivity contribution in [2.75, 3.05) is 13.1 Å². The molecule has 0 saturated carbocycles. The van der Waals surface area contributed by atoms with Gasteiger partial charge in [-0.1, -0.05) is 209 Å². The van der Waals surface area contributed by atoms with Gasteiger partial charge in [-0.2, -0.15) is 0 Å². The van der Waals surface area contributed by atoms with E-state index < -0.39 is 27.9 Å². The molecular formula is C60H56N4O4P2. The first-order valence-corrected chi connectivity index (χ1v) is 26.0. The highest BCUT2D eigenvalue weighted by molar-refractivity contribution is 7.80. The van der Waals surface area contributed by atoms with Gasteiger partial charge >= 0.3 is 0 Å². The molecule has 0 aromatic heterocycles. The molecule has 0 aliphatic rings. The summed E-state index contributed by atoms with van der Waals surface area (Å²) in [4.78, 5) is 54.4. The van der Waals surface area contributed by atoms with Crippen LogP contribution < -0.4 is 53.1 Å². The molecule has 0 spiro atoms. The number of hydrogen-bond acceptors (Lipinski definition) is 4. The Kier molecular flexibility index (Phi) is 18.1. The van der Waals surface area contributed by atoms with Crippen LogP contribution in [0.2, 0.25) is 0 Å². The fraction of sp³-hybridized carbons (Fsp3) is 0.167. The molecule has 0 bridgehead atoms. The number of carbonyl (C=O) groups excluding carboxylic acids is 4. The summed E-state index contributed by atoms with van der Waals surface area (Å²) in [6.45, 7) is 7.67. The van der Waals surface area contributed by atoms with Crippen molar-refractivity contribution in [2.24, 2.45) is 11.8 Å². The minimum absolute atomic E-state index is 0.0534. The molecule has 4 N–H and O–H groups in total. The van der Waals surface area contributed by atoms with Crippen LogP contribution in [0.25, 0.3) is 0 Å². The van der Waals surface area contributed by atoms with Crippen LogP contribution in [0.4, 0.5) is 0 Å². The Morgan fingerprint density at radius 2 is 0.700 bits per heavy atom. The maximum absolute atomic E-state index is 13.7. The van der Waals surface area contributed by atoms with Crippen LogP contribution in [-0.4, -0.2) is 48.8 Å². The van der Waals surface area contributed by atoms with Gasteiger partial charge in [-0.15, -0.1) is 0 Å². The van der Waals surface area contributed by atoms with Gasteiger partial charge in [-0.05, 0) is 95.9 Å². The molecule has 0 radical (unpaired) electrons. The van der Waals surface area contributed by atoms with Crippen LogP contribution in [0.15, 0.2) is 194 Å². The standard InChI is InChI=1S/C60H56N4O4P2/c1-43(2)55(63-57(65)47-25-19-37-53(41-47)69(49-29-9-5-10-30-49)50-31-11-6-12-32-50)59(67)61-39-21-27-45-23-17-18-24-46(45)28-22-40-62-60(68)56(44(3)4)64-58(66)48-26-20-38-54(42-48)70(51-33-13-7-14-34-51)52-35-15-8-16-36-52/h5-20,23-26,29-38,41-44,55-56H,39-40H2,1-4H3,(H,61,67)(H,62,68)(H,63,65)(H,64,66)/t55-,56-/m0/s1. The van der Waals surface area contributed by atoms with E-state index in [0.717, 1.165) is 10.6 Å². The molecule has 2 atom stereocenters. The van der Waals surface area contributed by atoms with E-state index in [4.69, 9.17) is 0 Å². The molecule has 7 rings (SSSR count). The molecule has 0 aliphatic heterocycles. The maximum atomic E-state index is 13.7. The second-order valence-electron chi connectivity index (χ2n) is 17.1. The Bertz CT molecular complexity index is 2730.